The molecule has 1 aliphatic carbocycles. The zero-order valence-corrected chi connectivity index (χ0v) is 15.2. The van der Waals surface area contributed by atoms with Crippen LogP contribution in [0.5, 0.6) is 0 Å². The van der Waals surface area contributed by atoms with Gasteiger partial charge >= 0.3 is 0 Å². The quantitative estimate of drug-likeness (QED) is 0.439. The fraction of sp³-hybridized carbons (Fsp3) is 0.786. The van der Waals surface area contributed by atoms with Crippen LogP contribution < -0.4 is 11.1 Å². The van der Waals surface area contributed by atoms with Crippen molar-refractivity contribution in [2.24, 2.45) is 10.7 Å². The summed E-state index contributed by atoms with van der Waals surface area (Å²) in [5, 5.41) is 7.07. The molecule has 0 unspecified atom stereocenters. The third-order valence-electron chi connectivity index (χ3n) is 4.10. The Hall–Kier alpha value is -0.900. The van der Waals surface area contributed by atoms with Crippen molar-refractivity contribution in [1.82, 2.24) is 15.5 Å². The van der Waals surface area contributed by atoms with Gasteiger partial charge in [-0.25, -0.2) is 0 Å². The molecule has 1 saturated heterocycles. The van der Waals surface area contributed by atoms with Gasteiger partial charge in [-0.15, -0.1) is 24.0 Å². The Morgan fingerprint density at radius 1 is 1.32 bits per heavy atom. The van der Waals surface area contributed by atoms with Crippen LogP contribution in [0.3, 0.4) is 0 Å². The Balaban J connectivity index is 0.00000176. The smallest absolute Gasteiger partial charge is 0.255 e. The second-order valence-corrected chi connectivity index (χ2v) is 5.86. The van der Waals surface area contributed by atoms with E-state index >= 15 is 0 Å². The third-order valence-corrected chi connectivity index (χ3v) is 4.10. The summed E-state index contributed by atoms with van der Waals surface area (Å²) in [6, 6.07) is 0.493. The Morgan fingerprint density at radius 3 is 2.77 bits per heavy atom. The van der Waals surface area contributed by atoms with Gasteiger partial charge in [0.15, 0.2) is 11.8 Å². The van der Waals surface area contributed by atoms with Gasteiger partial charge in [0.2, 0.25) is 0 Å². The van der Waals surface area contributed by atoms with Crippen molar-refractivity contribution in [3.05, 3.63) is 11.7 Å². The molecule has 2 fully saturated rings. The van der Waals surface area contributed by atoms with Crippen molar-refractivity contribution in [2.75, 3.05) is 6.54 Å². The number of halogens is 1. The molecule has 3 rings (SSSR count). The van der Waals surface area contributed by atoms with E-state index in [2.05, 4.69) is 20.4 Å². The van der Waals surface area contributed by atoms with Crippen molar-refractivity contribution in [3.63, 3.8) is 0 Å². The molecule has 1 aromatic heterocycles. The largest absolute Gasteiger partial charge is 0.370 e. The molecule has 1 aliphatic heterocycles. The number of ether oxygens (including phenoxy) is 1. The molecular weight excluding hydrogens is 397 g/mol. The van der Waals surface area contributed by atoms with E-state index < -0.39 is 0 Å². The molecule has 8 heteroatoms. The fourth-order valence-corrected chi connectivity index (χ4v) is 2.99. The highest BCUT2D eigenvalue weighted by Gasteiger charge is 2.30. The normalized spacial score (nSPS) is 26.1. The summed E-state index contributed by atoms with van der Waals surface area (Å²) in [4.78, 5) is 8.61. The van der Waals surface area contributed by atoms with Crippen LogP contribution in [0.15, 0.2) is 9.52 Å². The summed E-state index contributed by atoms with van der Waals surface area (Å²) in [6.07, 6.45) is 6.74. The molecule has 124 valence electrons. The maximum Gasteiger partial charge on any atom is 0.255 e. The van der Waals surface area contributed by atoms with E-state index in [0.29, 0.717) is 30.3 Å². The van der Waals surface area contributed by atoms with Gasteiger partial charge in [-0.1, -0.05) is 18.0 Å². The van der Waals surface area contributed by atoms with Crippen LogP contribution in [-0.4, -0.2) is 34.8 Å². The second kappa shape index (κ2) is 8.09. The van der Waals surface area contributed by atoms with Crippen molar-refractivity contribution in [3.8, 4) is 0 Å². The molecule has 2 aliphatic rings. The van der Waals surface area contributed by atoms with Gasteiger partial charge < -0.3 is 20.3 Å². The lowest BCUT2D eigenvalue weighted by Gasteiger charge is -2.13. The van der Waals surface area contributed by atoms with Gasteiger partial charge in [-0.05, 0) is 32.6 Å². The maximum absolute atomic E-state index is 5.92. The van der Waals surface area contributed by atoms with Crippen molar-refractivity contribution in [1.29, 1.82) is 0 Å². The molecule has 0 aromatic carbocycles. The minimum Gasteiger partial charge on any atom is -0.370 e. The summed E-state index contributed by atoms with van der Waals surface area (Å²) < 4.78 is 11.0. The lowest BCUT2D eigenvalue weighted by atomic mass is 10.2. The average molecular weight is 421 g/mol. The average Bonchev–Trinajstić information content (AvgIpc) is 3.17. The molecule has 0 amide bonds. The van der Waals surface area contributed by atoms with Crippen LogP contribution in [-0.2, 0) is 4.74 Å². The molecule has 0 radical (unpaired) electrons. The molecule has 0 bridgehead atoms. The van der Waals surface area contributed by atoms with Crippen LogP contribution in [0.2, 0.25) is 0 Å². The molecule has 22 heavy (non-hydrogen) atoms. The molecule has 7 nitrogen and oxygen atoms in total. The van der Waals surface area contributed by atoms with Gasteiger partial charge in [0.05, 0.1) is 12.6 Å². The summed E-state index contributed by atoms with van der Waals surface area (Å²) in [7, 11) is 0. The van der Waals surface area contributed by atoms with E-state index in [9.17, 15) is 0 Å². The summed E-state index contributed by atoms with van der Waals surface area (Å²) in [6.45, 7) is 2.38. The molecule has 0 spiro atoms. The standard InChI is InChI=1S/C14H23N5O2.HI/c1-9-17-13(21-19-9)12-7-6-11(20-12)8-16-14(15)18-10-4-2-3-5-10;/h10-12H,2-8H2,1H3,(H3,15,16,18);1H/t11-,12+;/m1./s1. The highest BCUT2D eigenvalue weighted by molar-refractivity contribution is 14.0. The monoisotopic (exact) mass is 421 g/mol. The van der Waals surface area contributed by atoms with E-state index in [0.717, 1.165) is 12.8 Å². The Morgan fingerprint density at radius 2 is 2.09 bits per heavy atom. The fourth-order valence-electron chi connectivity index (χ4n) is 2.99. The van der Waals surface area contributed by atoms with Crippen LogP contribution in [0.4, 0.5) is 0 Å². The highest BCUT2D eigenvalue weighted by Crippen LogP contribution is 2.31. The summed E-state index contributed by atoms with van der Waals surface area (Å²) in [5.41, 5.74) is 5.92. The maximum atomic E-state index is 5.92. The number of hydrogen-bond donors (Lipinski definition) is 2. The van der Waals surface area contributed by atoms with E-state index in [1.165, 1.54) is 25.7 Å². The molecule has 2 heterocycles. The van der Waals surface area contributed by atoms with Gasteiger partial charge in [-0.3, -0.25) is 4.99 Å². The minimum atomic E-state index is -0.101. The van der Waals surface area contributed by atoms with Crippen LogP contribution in [0, 0.1) is 6.92 Å². The van der Waals surface area contributed by atoms with Crippen molar-refractivity contribution in [2.45, 2.75) is 63.7 Å². The number of hydrogen-bond acceptors (Lipinski definition) is 5. The zero-order chi connectivity index (χ0) is 14.7. The van der Waals surface area contributed by atoms with Crippen molar-refractivity contribution >= 4 is 29.9 Å². The van der Waals surface area contributed by atoms with Crippen LogP contribution in [0.1, 0.15) is 56.3 Å². The van der Waals surface area contributed by atoms with E-state index in [1.807, 2.05) is 0 Å². The Labute approximate surface area is 147 Å². The summed E-state index contributed by atoms with van der Waals surface area (Å²) in [5.74, 6) is 1.73. The zero-order valence-electron chi connectivity index (χ0n) is 12.8. The number of nitrogens with one attached hydrogen (secondary N) is 1. The van der Waals surface area contributed by atoms with E-state index in [1.54, 1.807) is 6.92 Å². The van der Waals surface area contributed by atoms with Gasteiger partial charge in [-0.2, -0.15) is 4.98 Å². The first-order chi connectivity index (χ1) is 10.2. The Kier molecular flexibility index (Phi) is 6.42. The molecule has 2 atom stereocenters. The SMILES string of the molecule is Cc1noc([C@@H]2CC[C@H](CN=C(N)NC3CCCC3)O2)n1.I. The lowest BCUT2D eigenvalue weighted by Crippen LogP contribution is -2.39. The predicted octanol–water partition coefficient (Wildman–Crippen LogP) is 2.06. The molecule has 1 aromatic rings. The highest BCUT2D eigenvalue weighted by atomic mass is 127. The number of guanidine groups is 1. The van der Waals surface area contributed by atoms with E-state index in [-0.39, 0.29) is 36.2 Å². The first-order valence-corrected chi connectivity index (χ1v) is 7.73. The molecule has 3 N–H and O–H groups in total. The van der Waals surface area contributed by atoms with Crippen molar-refractivity contribution < 1.29 is 9.26 Å². The number of rotatable bonds is 4. The predicted molar refractivity (Wildman–Crippen MR) is 93.2 cm³/mol. The van der Waals surface area contributed by atoms with Crippen LogP contribution in [0.25, 0.3) is 0 Å². The Bertz CT molecular complexity index is 501. The van der Waals surface area contributed by atoms with Crippen LogP contribution >= 0.6 is 24.0 Å². The first kappa shape index (κ1) is 17.5. The number of aryl methyl sites for hydroxylation is 1. The number of nitrogens with zero attached hydrogens (tertiary/aromatic N) is 3. The number of aromatic nitrogens is 2. The number of aliphatic imine (C=N–C) groups is 1. The van der Waals surface area contributed by atoms with Gasteiger partial charge in [0.1, 0.15) is 6.10 Å². The molecular formula is C14H24IN5O2. The third kappa shape index (κ3) is 4.55. The minimum absolute atomic E-state index is 0. The summed E-state index contributed by atoms with van der Waals surface area (Å²) >= 11 is 0. The topological polar surface area (TPSA) is 98.6 Å². The van der Waals surface area contributed by atoms with Gasteiger partial charge in [0.25, 0.3) is 5.89 Å². The van der Waals surface area contributed by atoms with Gasteiger partial charge in [0, 0.05) is 6.04 Å². The van der Waals surface area contributed by atoms with E-state index in [4.69, 9.17) is 15.0 Å². The molecule has 1 saturated carbocycles. The first-order valence-electron chi connectivity index (χ1n) is 7.73. The lowest BCUT2D eigenvalue weighted by molar-refractivity contribution is 0.0309. The second-order valence-electron chi connectivity index (χ2n) is 5.86. The number of nitrogens with two attached hydrogens (primary N) is 1.